The molecule has 0 fully saturated rings. The van der Waals surface area contributed by atoms with Crippen LogP contribution in [0.4, 0.5) is 11.4 Å². The molecule has 1 amide bonds. The molecule has 3 aromatic carbocycles. The Morgan fingerprint density at radius 3 is 2.24 bits per heavy atom. The number of methoxy groups -OCH3 is 1. The van der Waals surface area contributed by atoms with E-state index in [1.54, 1.807) is 49.6 Å². The largest absolute Gasteiger partial charge is 0.490 e. The standard InChI is InChI=1S/C24H25BrN2O5S/c1-16-4-6-20(14-17(16)2)27-33(29,30)21-9-7-19(8-10-21)26-24(28)18-5-11-23(22(25)15-18)32-13-12-31-3/h4-11,14-15,27H,12-13H2,1-3H3,(H,26,28). The molecule has 0 saturated carbocycles. The fraction of sp³-hybridized carbons (Fsp3) is 0.208. The van der Waals surface area contributed by atoms with Gasteiger partial charge in [-0.15, -0.1) is 0 Å². The summed E-state index contributed by atoms with van der Waals surface area (Å²) in [4.78, 5) is 12.7. The molecular formula is C24H25BrN2O5S. The Hall–Kier alpha value is -2.88. The monoisotopic (exact) mass is 532 g/mol. The summed E-state index contributed by atoms with van der Waals surface area (Å²) in [6.45, 7) is 4.74. The molecule has 7 nitrogen and oxygen atoms in total. The van der Waals surface area contributed by atoms with Crippen LogP contribution in [0.2, 0.25) is 0 Å². The lowest BCUT2D eigenvalue weighted by atomic mass is 10.1. The van der Waals surface area contributed by atoms with Crippen molar-refractivity contribution in [2.45, 2.75) is 18.7 Å². The number of carbonyl (C=O) groups is 1. The predicted molar refractivity (Wildman–Crippen MR) is 133 cm³/mol. The second kappa shape index (κ2) is 10.8. The molecule has 2 N–H and O–H groups in total. The van der Waals surface area contributed by atoms with Crippen molar-refractivity contribution in [2.75, 3.05) is 30.4 Å². The average Bonchev–Trinajstić information content (AvgIpc) is 2.77. The molecule has 0 radical (unpaired) electrons. The van der Waals surface area contributed by atoms with Crippen molar-refractivity contribution in [1.29, 1.82) is 0 Å². The van der Waals surface area contributed by atoms with Gasteiger partial charge in [-0.25, -0.2) is 8.42 Å². The van der Waals surface area contributed by atoms with Gasteiger partial charge in [0, 0.05) is 24.0 Å². The molecule has 0 aliphatic rings. The summed E-state index contributed by atoms with van der Waals surface area (Å²) in [6.07, 6.45) is 0. The lowest BCUT2D eigenvalue weighted by molar-refractivity contribution is 0.102. The Kier molecular flexibility index (Phi) is 8.12. The molecule has 0 aromatic heterocycles. The quantitative estimate of drug-likeness (QED) is 0.372. The summed E-state index contributed by atoms with van der Waals surface area (Å²) in [5.74, 6) is 0.275. The Balaban J connectivity index is 1.66. The summed E-state index contributed by atoms with van der Waals surface area (Å²) in [5.41, 5.74) is 3.47. The second-order valence-corrected chi connectivity index (χ2v) is 9.91. The maximum absolute atomic E-state index is 12.7. The van der Waals surface area contributed by atoms with Crippen molar-refractivity contribution in [3.8, 4) is 5.75 Å². The molecule has 3 aromatic rings. The number of hydrogen-bond acceptors (Lipinski definition) is 5. The van der Waals surface area contributed by atoms with Gasteiger partial charge in [-0.1, -0.05) is 6.07 Å². The minimum absolute atomic E-state index is 0.0963. The molecule has 9 heteroatoms. The van der Waals surface area contributed by atoms with Gasteiger partial charge in [0.1, 0.15) is 12.4 Å². The maximum atomic E-state index is 12.7. The van der Waals surface area contributed by atoms with Crippen LogP contribution in [-0.2, 0) is 14.8 Å². The topological polar surface area (TPSA) is 93.7 Å². The van der Waals surface area contributed by atoms with Crippen LogP contribution in [0.5, 0.6) is 5.75 Å². The lowest BCUT2D eigenvalue weighted by Crippen LogP contribution is -2.14. The van der Waals surface area contributed by atoms with E-state index in [0.717, 1.165) is 11.1 Å². The van der Waals surface area contributed by atoms with Gasteiger partial charge < -0.3 is 14.8 Å². The zero-order valence-electron chi connectivity index (χ0n) is 18.5. The van der Waals surface area contributed by atoms with Crippen molar-refractivity contribution in [3.05, 3.63) is 81.8 Å². The van der Waals surface area contributed by atoms with E-state index in [1.807, 2.05) is 19.9 Å². The summed E-state index contributed by atoms with van der Waals surface area (Å²) in [6, 6.07) is 16.4. The minimum Gasteiger partial charge on any atom is -0.490 e. The van der Waals surface area contributed by atoms with E-state index in [-0.39, 0.29) is 10.8 Å². The van der Waals surface area contributed by atoms with Gasteiger partial charge in [-0.05, 0) is 95.5 Å². The van der Waals surface area contributed by atoms with E-state index < -0.39 is 10.0 Å². The van der Waals surface area contributed by atoms with Gasteiger partial charge in [0.25, 0.3) is 15.9 Å². The SMILES string of the molecule is COCCOc1ccc(C(=O)Nc2ccc(S(=O)(=O)Nc3ccc(C)c(C)c3)cc2)cc1Br. The number of carbonyl (C=O) groups excluding carboxylic acids is 1. The maximum Gasteiger partial charge on any atom is 0.261 e. The van der Waals surface area contributed by atoms with Crippen LogP contribution in [0.3, 0.4) is 0 Å². The Labute approximate surface area is 202 Å². The number of rotatable bonds is 9. The van der Waals surface area contributed by atoms with Gasteiger partial charge in [-0.2, -0.15) is 0 Å². The number of halogens is 1. The molecule has 3 rings (SSSR count). The van der Waals surface area contributed by atoms with E-state index in [4.69, 9.17) is 9.47 Å². The number of hydrogen-bond donors (Lipinski definition) is 2. The third-order valence-corrected chi connectivity index (χ3v) is 6.94. The van der Waals surface area contributed by atoms with E-state index in [0.29, 0.717) is 40.4 Å². The van der Waals surface area contributed by atoms with Crippen molar-refractivity contribution < 1.29 is 22.7 Å². The zero-order chi connectivity index (χ0) is 24.0. The first-order chi connectivity index (χ1) is 15.7. The van der Waals surface area contributed by atoms with Gasteiger partial charge in [0.15, 0.2) is 0 Å². The van der Waals surface area contributed by atoms with Crippen LogP contribution in [0.1, 0.15) is 21.5 Å². The van der Waals surface area contributed by atoms with Crippen LogP contribution < -0.4 is 14.8 Å². The summed E-state index contributed by atoms with van der Waals surface area (Å²) in [7, 11) is -2.16. The number of amides is 1. The van der Waals surface area contributed by atoms with Crippen LogP contribution in [-0.4, -0.2) is 34.6 Å². The van der Waals surface area contributed by atoms with Gasteiger partial charge in [0.05, 0.1) is 16.0 Å². The number of benzene rings is 3. The average molecular weight is 533 g/mol. The van der Waals surface area contributed by atoms with Crippen molar-refractivity contribution in [2.24, 2.45) is 0 Å². The Bertz CT molecular complexity index is 1240. The molecule has 33 heavy (non-hydrogen) atoms. The summed E-state index contributed by atoms with van der Waals surface area (Å²) >= 11 is 3.40. The van der Waals surface area contributed by atoms with Gasteiger partial charge in [-0.3, -0.25) is 9.52 Å². The van der Waals surface area contributed by atoms with E-state index in [2.05, 4.69) is 26.0 Å². The normalized spacial score (nSPS) is 11.2. The number of anilines is 2. The highest BCUT2D eigenvalue weighted by molar-refractivity contribution is 9.10. The first-order valence-corrected chi connectivity index (χ1v) is 12.4. The van der Waals surface area contributed by atoms with Crippen molar-refractivity contribution in [1.82, 2.24) is 0 Å². The first kappa shape index (κ1) is 24.8. The van der Waals surface area contributed by atoms with E-state index >= 15 is 0 Å². The number of nitrogens with one attached hydrogen (secondary N) is 2. The minimum atomic E-state index is -3.75. The Morgan fingerprint density at radius 2 is 1.61 bits per heavy atom. The highest BCUT2D eigenvalue weighted by Crippen LogP contribution is 2.27. The molecule has 0 aliphatic carbocycles. The van der Waals surface area contributed by atoms with Gasteiger partial charge >= 0.3 is 0 Å². The van der Waals surface area contributed by atoms with Crippen LogP contribution in [0.25, 0.3) is 0 Å². The number of sulfonamides is 1. The molecule has 0 spiro atoms. The van der Waals surface area contributed by atoms with Crippen molar-refractivity contribution >= 4 is 43.2 Å². The molecule has 0 saturated heterocycles. The molecular weight excluding hydrogens is 508 g/mol. The first-order valence-electron chi connectivity index (χ1n) is 10.1. The van der Waals surface area contributed by atoms with Gasteiger partial charge in [0.2, 0.25) is 0 Å². The van der Waals surface area contributed by atoms with Crippen LogP contribution in [0, 0.1) is 13.8 Å². The predicted octanol–water partition coefficient (Wildman–Crippen LogP) is 5.14. The van der Waals surface area contributed by atoms with Crippen LogP contribution >= 0.6 is 15.9 Å². The van der Waals surface area contributed by atoms with E-state index in [1.165, 1.54) is 12.1 Å². The van der Waals surface area contributed by atoms with E-state index in [9.17, 15) is 13.2 Å². The third-order valence-electron chi connectivity index (χ3n) is 4.92. The number of aryl methyl sites for hydroxylation is 2. The highest BCUT2D eigenvalue weighted by Gasteiger charge is 2.15. The summed E-state index contributed by atoms with van der Waals surface area (Å²) in [5, 5.41) is 2.76. The molecule has 0 unspecified atom stereocenters. The summed E-state index contributed by atoms with van der Waals surface area (Å²) < 4.78 is 39.1. The Morgan fingerprint density at radius 1 is 0.909 bits per heavy atom. The number of ether oxygens (including phenoxy) is 2. The van der Waals surface area contributed by atoms with Crippen molar-refractivity contribution in [3.63, 3.8) is 0 Å². The van der Waals surface area contributed by atoms with Crippen LogP contribution in [0.15, 0.2) is 70.0 Å². The molecule has 0 atom stereocenters. The molecule has 0 bridgehead atoms. The molecule has 0 heterocycles. The second-order valence-electron chi connectivity index (χ2n) is 7.37. The lowest BCUT2D eigenvalue weighted by Gasteiger charge is -2.11. The molecule has 174 valence electrons. The fourth-order valence-electron chi connectivity index (χ4n) is 2.93. The fourth-order valence-corrected chi connectivity index (χ4v) is 4.48. The zero-order valence-corrected chi connectivity index (χ0v) is 20.9. The highest BCUT2D eigenvalue weighted by atomic mass is 79.9. The molecule has 0 aliphatic heterocycles. The smallest absolute Gasteiger partial charge is 0.261 e. The third kappa shape index (κ3) is 6.56.